The summed E-state index contributed by atoms with van der Waals surface area (Å²) in [7, 11) is 6.53. The maximum Gasteiger partial charge on any atom is 0.415 e. The topological polar surface area (TPSA) is 153 Å². The molecule has 0 spiro atoms. The van der Waals surface area contributed by atoms with Gasteiger partial charge in [0.15, 0.2) is 5.65 Å². The second-order valence-corrected chi connectivity index (χ2v) is 20.5. The van der Waals surface area contributed by atoms with Crippen LogP contribution in [0.15, 0.2) is 0 Å². The molecule has 15 heteroatoms. The molecule has 2 N–H and O–H groups in total. The SMILES string of the molecule is [C-]#[N+]c1c(C(=O)OC2C(C(C)(C)C)CC(C)CC2C(C)(C)C)c2nc(C3CCC(OCCCCCCCCCC)C(NC(=O)N(C)C)C3)[nH]n2c1OC(=O)N(CCOC)CCOC. The number of carbonyl (C=O) groups excluding carboxylic acids is 3. The summed E-state index contributed by atoms with van der Waals surface area (Å²) in [4.78, 5) is 53.6. The van der Waals surface area contributed by atoms with Gasteiger partial charge in [0.25, 0.3) is 5.69 Å². The number of aromatic amines is 1. The smallest absolute Gasteiger partial charge is 0.415 e. The first-order valence-corrected chi connectivity index (χ1v) is 23.6. The number of fused-ring (bicyclic) bond motifs is 1. The summed E-state index contributed by atoms with van der Waals surface area (Å²) in [5.74, 6) is 0.116. The van der Waals surface area contributed by atoms with Crippen LogP contribution in [0.3, 0.4) is 0 Å². The van der Waals surface area contributed by atoms with Crippen molar-refractivity contribution in [2.24, 2.45) is 28.6 Å². The molecule has 356 valence electrons. The summed E-state index contributed by atoms with van der Waals surface area (Å²) >= 11 is 0. The number of nitrogens with zero attached hydrogens (tertiary/aromatic N) is 5. The predicted molar refractivity (Wildman–Crippen MR) is 246 cm³/mol. The zero-order valence-electron chi connectivity index (χ0n) is 40.8. The Bertz CT molecular complexity index is 1770. The van der Waals surface area contributed by atoms with Crippen molar-refractivity contribution in [2.75, 3.05) is 61.2 Å². The van der Waals surface area contributed by atoms with E-state index in [1.165, 1.54) is 52.8 Å². The molecule has 2 aliphatic rings. The number of unbranched alkanes of at least 4 members (excludes halogenated alkanes) is 7. The first kappa shape index (κ1) is 51.8. The van der Waals surface area contributed by atoms with Crippen LogP contribution in [0, 0.1) is 35.2 Å². The second kappa shape index (κ2) is 23.9. The van der Waals surface area contributed by atoms with Gasteiger partial charge in [-0.25, -0.2) is 28.7 Å². The lowest BCUT2D eigenvalue weighted by atomic mass is 9.59. The Hall–Kier alpha value is -3.87. The van der Waals surface area contributed by atoms with Gasteiger partial charge in [0.05, 0.1) is 31.9 Å². The number of amides is 3. The van der Waals surface area contributed by atoms with Crippen molar-refractivity contribution < 1.29 is 38.1 Å². The molecule has 2 aromatic rings. The largest absolute Gasteiger partial charge is 0.459 e. The fourth-order valence-electron chi connectivity index (χ4n) is 9.46. The average Bonchev–Trinajstić information content (AvgIpc) is 3.77. The van der Waals surface area contributed by atoms with Crippen molar-refractivity contribution in [1.82, 2.24) is 29.7 Å². The van der Waals surface area contributed by atoms with E-state index in [9.17, 15) is 14.4 Å². The zero-order chi connectivity index (χ0) is 46.5. The quantitative estimate of drug-likeness (QED) is 0.0709. The molecule has 0 saturated heterocycles. The van der Waals surface area contributed by atoms with Gasteiger partial charge in [-0.3, -0.25) is 5.10 Å². The lowest BCUT2D eigenvalue weighted by Gasteiger charge is -2.50. The molecule has 0 aromatic carbocycles. The molecule has 2 aromatic heterocycles. The third kappa shape index (κ3) is 14.1. The maximum atomic E-state index is 14.9. The molecule has 15 nitrogen and oxygen atoms in total. The molecule has 5 unspecified atom stereocenters. The van der Waals surface area contributed by atoms with E-state index >= 15 is 0 Å². The highest BCUT2D eigenvalue weighted by atomic mass is 16.6. The number of aromatic nitrogens is 3. The van der Waals surface area contributed by atoms with Crippen molar-refractivity contribution in [3.05, 3.63) is 22.8 Å². The van der Waals surface area contributed by atoms with E-state index in [1.807, 2.05) is 0 Å². The first-order chi connectivity index (χ1) is 29.9. The summed E-state index contributed by atoms with van der Waals surface area (Å²) < 4.78 is 31.2. The second-order valence-electron chi connectivity index (χ2n) is 20.5. The van der Waals surface area contributed by atoms with Gasteiger partial charge in [-0.15, -0.1) is 0 Å². The molecule has 63 heavy (non-hydrogen) atoms. The molecule has 2 heterocycles. The highest BCUT2D eigenvalue weighted by molar-refractivity contribution is 6.05. The minimum Gasteiger partial charge on any atom is -0.459 e. The van der Waals surface area contributed by atoms with Crippen LogP contribution in [0.1, 0.15) is 161 Å². The minimum atomic E-state index is -0.730. The number of methoxy groups -OCH3 is 2. The molecule has 2 saturated carbocycles. The zero-order valence-corrected chi connectivity index (χ0v) is 40.8. The minimum absolute atomic E-state index is 0.0468. The molecule has 0 bridgehead atoms. The van der Waals surface area contributed by atoms with E-state index in [1.54, 1.807) is 28.3 Å². The van der Waals surface area contributed by atoms with Crippen LogP contribution >= 0.6 is 0 Å². The van der Waals surface area contributed by atoms with Gasteiger partial charge in [0.2, 0.25) is 5.88 Å². The lowest BCUT2D eigenvalue weighted by molar-refractivity contribution is -0.0922. The van der Waals surface area contributed by atoms with Crippen LogP contribution in [0.2, 0.25) is 0 Å². The Morgan fingerprint density at radius 2 is 1.46 bits per heavy atom. The van der Waals surface area contributed by atoms with E-state index in [-0.39, 0.29) is 95.8 Å². The standard InChI is InChI=1S/C48H81N7O8/c1-14-15-16-17-18-19-20-21-26-61-37-23-22-33(31-36(37)50-45(57)53(10)11)41-51-42-38(44(56)62-40-34(47(3,4)5)29-32(2)30-35(40)48(6,7)8)39(49-9)43(55(42)52-41)63-46(58)54(24-27-59-12)25-28-60-13/h32-37,40H,14-31H2,1-8,10-13H3,(H,50,57)(H,51,52). The summed E-state index contributed by atoms with van der Waals surface area (Å²) in [6.07, 6.45) is 12.0. The number of hydrogen-bond acceptors (Lipinski definition) is 9. The van der Waals surface area contributed by atoms with Crippen molar-refractivity contribution in [1.29, 1.82) is 0 Å². The molecule has 2 fully saturated rings. The Morgan fingerprint density at radius 1 is 0.873 bits per heavy atom. The third-order valence-electron chi connectivity index (χ3n) is 13.2. The molecule has 2 aliphatic carbocycles. The van der Waals surface area contributed by atoms with Crippen molar-refractivity contribution in [3.8, 4) is 5.88 Å². The number of carbonyl (C=O) groups is 3. The number of H-pyrrole nitrogens is 1. The normalized spacial score (nSPS) is 23.0. The fraction of sp³-hybridized carbons (Fsp3) is 0.812. The van der Waals surface area contributed by atoms with Crippen LogP contribution in [-0.4, -0.2) is 122 Å². The van der Waals surface area contributed by atoms with Gasteiger partial charge in [-0.1, -0.05) is 100 Å². The van der Waals surface area contributed by atoms with Gasteiger partial charge in [-0.05, 0) is 55.3 Å². The molecule has 4 rings (SSSR count). The summed E-state index contributed by atoms with van der Waals surface area (Å²) in [6.45, 7) is 27.6. The number of nitrogens with one attached hydrogen (secondary N) is 2. The molecular formula is C48H81N7O8. The van der Waals surface area contributed by atoms with Gasteiger partial charge >= 0.3 is 18.1 Å². The highest BCUT2D eigenvalue weighted by Gasteiger charge is 2.49. The van der Waals surface area contributed by atoms with Crippen LogP contribution in [-0.2, 0) is 18.9 Å². The van der Waals surface area contributed by atoms with Gasteiger partial charge < -0.3 is 38.8 Å². The first-order valence-electron chi connectivity index (χ1n) is 23.6. The molecule has 0 radical (unpaired) electrons. The highest BCUT2D eigenvalue weighted by Crippen LogP contribution is 2.50. The molecule has 5 atom stereocenters. The summed E-state index contributed by atoms with van der Waals surface area (Å²) in [5.41, 5.74) is -0.380. The van der Waals surface area contributed by atoms with Gasteiger partial charge in [0.1, 0.15) is 17.5 Å². The van der Waals surface area contributed by atoms with Crippen LogP contribution < -0.4 is 10.1 Å². The number of esters is 1. The van der Waals surface area contributed by atoms with Crippen molar-refractivity contribution >= 4 is 29.4 Å². The lowest BCUT2D eigenvalue weighted by Crippen LogP contribution is -2.50. The number of ether oxygens (including phenoxy) is 5. The van der Waals surface area contributed by atoms with Gasteiger partial charge in [-0.2, -0.15) is 0 Å². The Kier molecular flexibility index (Phi) is 19.6. The van der Waals surface area contributed by atoms with E-state index in [0.29, 0.717) is 37.6 Å². The van der Waals surface area contributed by atoms with Gasteiger partial charge in [0, 0.05) is 65.8 Å². The van der Waals surface area contributed by atoms with E-state index in [2.05, 4.69) is 70.7 Å². The fourth-order valence-corrected chi connectivity index (χ4v) is 9.46. The molecule has 3 amide bonds. The van der Waals surface area contributed by atoms with Crippen LogP contribution in [0.4, 0.5) is 15.3 Å². The van der Waals surface area contributed by atoms with Crippen LogP contribution in [0.25, 0.3) is 10.5 Å². The monoisotopic (exact) mass is 884 g/mol. The van der Waals surface area contributed by atoms with E-state index in [0.717, 1.165) is 25.7 Å². The third-order valence-corrected chi connectivity index (χ3v) is 13.2. The van der Waals surface area contributed by atoms with Crippen LogP contribution in [0.5, 0.6) is 5.88 Å². The average molecular weight is 884 g/mol. The van der Waals surface area contributed by atoms with E-state index < -0.39 is 18.2 Å². The van der Waals surface area contributed by atoms with E-state index in [4.69, 9.17) is 35.2 Å². The Morgan fingerprint density at radius 3 is 2.00 bits per heavy atom. The summed E-state index contributed by atoms with van der Waals surface area (Å²) in [5, 5.41) is 6.52. The number of urea groups is 1. The van der Waals surface area contributed by atoms with Crippen molar-refractivity contribution in [2.45, 2.75) is 163 Å². The van der Waals surface area contributed by atoms with Crippen molar-refractivity contribution in [3.63, 3.8) is 0 Å². The number of hydrogen-bond donors (Lipinski definition) is 2. The maximum absolute atomic E-state index is 14.9. The molecular weight excluding hydrogens is 803 g/mol. The Balaban J connectivity index is 1.72. The number of rotatable bonds is 21. The summed E-state index contributed by atoms with van der Waals surface area (Å²) in [6, 6.07) is -0.509. The predicted octanol–water partition coefficient (Wildman–Crippen LogP) is 10.0. The molecule has 0 aliphatic heterocycles. The Labute approximate surface area is 377 Å².